The molecule has 0 radical (unpaired) electrons. The SMILES string of the molecule is COc1ccc(F)c(NC(=O)C(C)c2cccc(N)c2)c1. The fraction of sp³-hybridized carbons (Fsp3) is 0.188. The zero-order chi connectivity index (χ0) is 15.4. The molecule has 5 heteroatoms. The van der Waals surface area contributed by atoms with Crippen LogP contribution in [-0.2, 0) is 4.79 Å². The quantitative estimate of drug-likeness (QED) is 0.849. The number of nitrogens with two attached hydrogens (primary N) is 1. The first-order chi connectivity index (χ1) is 10.0. The predicted octanol–water partition coefficient (Wildman–Crippen LogP) is 3.16. The molecule has 110 valence electrons. The highest BCUT2D eigenvalue weighted by molar-refractivity contribution is 5.96. The number of hydrogen-bond donors (Lipinski definition) is 2. The molecule has 2 rings (SSSR count). The molecule has 0 saturated heterocycles. The first-order valence-corrected chi connectivity index (χ1v) is 6.51. The third-order valence-electron chi connectivity index (χ3n) is 3.24. The van der Waals surface area contributed by atoms with Crippen molar-refractivity contribution in [3.05, 3.63) is 53.8 Å². The van der Waals surface area contributed by atoms with E-state index in [0.717, 1.165) is 5.56 Å². The van der Waals surface area contributed by atoms with Gasteiger partial charge in [0, 0.05) is 11.8 Å². The second-order valence-electron chi connectivity index (χ2n) is 4.73. The fourth-order valence-electron chi connectivity index (χ4n) is 1.95. The van der Waals surface area contributed by atoms with E-state index in [9.17, 15) is 9.18 Å². The number of methoxy groups -OCH3 is 1. The van der Waals surface area contributed by atoms with Gasteiger partial charge in [-0.1, -0.05) is 12.1 Å². The lowest BCUT2D eigenvalue weighted by Crippen LogP contribution is -2.19. The minimum atomic E-state index is -0.510. The Morgan fingerprint density at radius 2 is 2.05 bits per heavy atom. The third kappa shape index (κ3) is 3.51. The Hall–Kier alpha value is -2.56. The van der Waals surface area contributed by atoms with E-state index in [2.05, 4.69) is 5.32 Å². The van der Waals surface area contributed by atoms with Crippen LogP contribution < -0.4 is 15.8 Å². The van der Waals surface area contributed by atoms with Gasteiger partial charge in [-0.2, -0.15) is 0 Å². The number of rotatable bonds is 4. The molecule has 0 aliphatic rings. The minimum absolute atomic E-state index is 0.0927. The van der Waals surface area contributed by atoms with Crippen molar-refractivity contribution in [1.29, 1.82) is 0 Å². The average molecular weight is 288 g/mol. The fourth-order valence-corrected chi connectivity index (χ4v) is 1.95. The molecule has 1 atom stereocenters. The van der Waals surface area contributed by atoms with E-state index in [4.69, 9.17) is 10.5 Å². The smallest absolute Gasteiger partial charge is 0.231 e. The number of carbonyl (C=O) groups excluding carboxylic acids is 1. The maximum absolute atomic E-state index is 13.7. The summed E-state index contributed by atoms with van der Waals surface area (Å²) in [6, 6.07) is 11.2. The van der Waals surface area contributed by atoms with Crippen LogP contribution in [0.4, 0.5) is 15.8 Å². The molecule has 2 aromatic rings. The maximum Gasteiger partial charge on any atom is 0.231 e. The van der Waals surface area contributed by atoms with Gasteiger partial charge in [0.05, 0.1) is 18.7 Å². The van der Waals surface area contributed by atoms with Crippen molar-refractivity contribution < 1.29 is 13.9 Å². The van der Waals surface area contributed by atoms with Gasteiger partial charge in [-0.05, 0) is 36.8 Å². The minimum Gasteiger partial charge on any atom is -0.497 e. The number of carbonyl (C=O) groups is 1. The number of nitrogen functional groups attached to an aromatic ring is 1. The Morgan fingerprint density at radius 3 is 2.71 bits per heavy atom. The molecule has 0 saturated carbocycles. The lowest BCUT2D eigenvalue weighted by atomic mass is 10.00. The summed E-state index contributed by atoms with van der Waals surface area (Å²) in [5.74, 6) is -0.793. The van der Waals surface area contributed by atoms with Crippen molar-refractivity contribution in [3.63, 3.8) is 0 Å². The Labute approximate surface area is 122 Å². The highest BCUT2D eigenvalue weighted by Crippen LogP contribution is 2.24. The second-order valence-corrected chi connectivity index (χ2v) is 4.73. The van der Waals surface area contributed by atoms with E-state index >= 15 is 0 Å². The van der Waals surface area contributed by atoms with Gasteiger partial charge < -0.3 is 15.8 Å². The van der Waals surface area contributed by atoms with Gasteiger partial charge in [-0.15, -0.1) is 0 Å². The Balaban J connectivity index is 2.18. The van der Waals surface area contributed by atoms with Crippen molar-refractivity contribution >= 4 is 17.3 Å². The van der Waals surface area contributed by atoms with Gasteiger partial charge in [-0.25, -0.2) is 4.39 Å². The van der Waals surface area contributed by atoms with Gasteiger partial charge in [-0.3, -0.25) is 4.79 Å². The van der Waals surface area contributed by atoms with E-state index in [-0.39, 0.29) is 11.6 Å². The van der Waals surface area contributed by atoms with Crippen molar-refractivity contribution in [3.8, 4) is 5.75 Å². The summed E-state index contributed by atoms with van der Waals surface area (Å²) in [7, 11) is 1.48. The number of halogens is 1. The third-order valence-corrected chi connectivity index (χ3v) is 3.24. The highest BCUT2D eigenvalue weighted by atomic mass is 19.1. The second kappa shape index (κ2) is 6.26. The van der Waals surface area contributed by atoms with Crippen LogP contribution in [0.2, 0.25) is 0 Å². The van der Waals surface area contributed by atoms with E-state index in [1.807, 2.05) is 6.07 Å². The van der Waals surface area contributed by atoms with Crippen LogP contribution in [0.1, 0.15) is 18.4 Å². The summed E-state index contributed by atoms with van der Waals surface area (Å²) in [6.07, 6.45) is 0. The molecule has 21 heavy (non-hydrogen) atoms. The summed E-state index contributed by atoms with van der Waals surface area (Å²) < 4.78 is 18.7. The molecule has 0 aliphatic heterocycles. The van der Waals surface area contributed by atoms with Gasteiger partial charge in [0.15, 0.2) is 0 Å². The first-order valence-electron chi connectivity index (χ1n) is 6.51. The summed E-state index contributed by atoms with van der Waals surface area (Å²) >= 11 is 0. The normalized spacial score (nSPS) is 11.8. The standard InChI is InChI=1S/C16H17FN2O2/c1-10(11-4-3-5-12(18)8-11)16(20)19-15-9-13(21-2)6-7-14(15)17/h3-10H,18H2,1-2H3,(H,19,20). The van der Waals surface area contributed by atoms with E-state index in [0.29, 0.717) is 11.4 Å². The Morgan fingerprint density at radius 1 is 1.29 bits per heavy atom. The van der Waals surface area contributed by atoms with Gasteiger partial charge in [0.1, 0.15) is 11.6 Å². The number of nitrogens with one attached hydrogen (secondary N) is 1. The van der Waals surface area contributed by atoms with Crippen molar-refractivity contribution in [1.82, 2.24) is 0 Å². The van der Waals surface area contributed by atoms with Crippen LogP contribution in [0.3, 0.4) is 0 Å². The predicted molar refractivity (Wildman–Crippen MR) is 80.9 cm³/mol. The lowest BCUT2D eigenvalue weighted by molar-refractivity contribution is -0.117. The first kappa shape index (κ1) is 14.8. The van der Waals surface area contributed by atoms with Gasteiger partial charge in [0.2, 0.25) is 5.91 Å². The molecule has 0 spiro atoms. The molecular formula is C16H17FN2O2. The maximum atomic E-state index is 13.7. The monoisotopic (exact) mass is 288 g/mol. The Bertz CT molecular complexity index is 658. The molecule has 0 fully saturated rings. The molecule has 3 N–H and O–H groups in total. The molecular weight excluding hydrogens is 271 g/mol. The zero-order valence-corrected chi connectivity index (χ0v) is 11.9. The number of hydrogen-bond acceptors (Lipinski definition) is 3. The molecule has 4 nitrogen and oxygen atoms in total. The Kier molecular flexibility index (Phi) is 4.42. The number of ether oxygens (including phenoxy) is 1. The number of anilines is 2. The van der Waals surface area contributed by atoms with Crippen LogP contribution in [0.25, 0.3) is 0 Å². The van der Waals surface area contributed by atoms with E-state index < -0.39 is 11.7 Å². The van der Waals surface area contributed by atoms with Crippen LogP contribution in [0, 0.1) is 5.82 Å². The molecule has 2 aromatic carbocycles. The summed E-state index contributed by atoms with van der Waals surface area (Å²) in [6.45, 7) is 1.74. The summed E-state index contributed by atoms with van der Waals surface area (Å²) in [4.78, 5) is 12.2. The van der Waals surface area contributed by atoms with Crippen LogP contribution in [0.15, 0.2) is 42.5 Å². The molecule has 1 unspecified atom stereocenters. The van der Waals surface area contributed by atoms with Gasteiger partial charge in [0.25, 0.3) is 0 Å². The van der Waals surface area contributed by atoms with Crippen molar-refractivity contribution in [2.24, 2.45) is 0 Å². The topological polar surface area (TPSA) is 64.3 Å². The van der Waals surface area contributed by atoms with Crippen molar-refractivity contribution in [2.45, 2.75) is 12.8 Å². The molecule has 0 bridgehead atoms. The van der Waals surface area contributed by atoms with Gasteiger partial charge >= 0.3 is 0 Å². The van der Waals surface area contributed by atoms with Crippen LogP contribution >= 0.6 is 0 Å². The molecule has 0 aliphatic carbocycles. The number of amides is 1. The highest BCUT2D eigenvalue weighted by Gasteiger charge is 2.17. The lowest BCUT2D eigenvalue weighted by Gasteiger charge is -2.14. The number of benzene rings is 2. The van der Waals surface area contributed by atoms with Crippen molar-refractivity contribution in [2.75, 3.05) is 18.2 Å². The summed E-state index contributed by atoms with van der Waals surface area (Å²) in [5, 5.41) is 2.57. The average Bonchev–Trinajstić information content (AvgIpc) is 2.48. The molecule has 1 amide bonds. The molecule has 0 heterocycles. The molecule has 0 aromatic heterocycles. The largest absolute Gasteiger partial charge is 0.497 e. The summed E-state index contributed by atoms with van der Waals surface area (Å²) in [5.41, 5.74) is 7.15. The van der Waals surface area contributed by atoms with E-state index in [1.54, 1.807) is 25.1 Å². The van der Waals surface area contributed by atoms with Crippen LogP contribution in [0.5, 0.6) is 5.75 Å². The zero-order valence-electron chi connectivity index (χ0n) is 11.9. The van der Waals surface area contributed by atoms with E-state index in [1.165, 1.54) is 25.3 Å². The van der Waals surface area contributed by atoms with Crippen LogP contribution in [-0.4, -0.2) is 13.0 Å².